The number of halogens is 1. The second-order valence-electron chi connectivity index (χ2n) is 4.42. The lowest BCUT2D eigenvalue weighted by Gasteiger charge is -2.08. The molecule has 2 aromatic carbocycles. The summed E-state index contributed by atoms with van der Waals surface area (Å²) in [5.74, 6) is 0.0109. The molecule has 0 aliphatic carbocycles. The van der Waals surface area contributed by atoms with Crippen LogP contribution in [0.2, 0.25) is 5.02 Å². The Bertz CT molecular complexity index is 659. The third-order valence-corrected chi connectivity index (χ3v) is 3.15. The Hall–Kier alpha value is -2.27. The molecule has 0 atom stereocenters. The fourth-order valence-corrected chi connectivity index (χ4v) is 2.00. The SMILES string of the molecule is Cc1ccc(NCc2ccc(O)c(Cl)c2)c([N+](=O)[O-])c1. The molecule has 0 bridgehead atoms. The van der Waals surface area contributed by atoms with Crippen molar-refractivity contribution in [1.82, 2.24) is 0 Å². The maximum atomic E-state index is 11.0. The van der Waals surface area contributed by atoms with E-state index < -0.39 is 4.92 Å². The smallest absolute Gasteiger partial charge is 0.292 e. The lowest BCUT2D eigenvalue weighted by molar-refractivity contribution is -0.384. The van der Waals surface area contributed by atoms with Crippen LogP contribution >= 0.6 is 11.6 Å². The maximum absolute atomic E-state index is 11.0. The molecule has 0 aliphatic rings. The average Bonchev–Trinajstić information content (AvgIpc) is 2.41. The Labute approximate surface area is 121 Å². The highest BCUT2D eigenvalue weighted by atomic mass is 35.5. The van der Waals surface area contributed by atoms with Gasteiger partial charge in [0, 0.05) is 12.6 Å². The van der Waals surface area contributed by atoms with Gasteiger partial charge in [0.05, 0.1) is 9.95 Å². The highest BCUT2D eigenvalue weighted by molar-refractivity contribution is 6.32. The van der Waals surface area contributed by atoms with Crippen LogP contribution in [0.5, 0.6) is 5.75 Å². The predicted octanol–water partition coefficient (Wildman–Crippen LogP) is 3.87. The summed E-state index contributed by atoms with van der Waals surface area (Å²) in [6.45, 7) is 2.18. The first-order chi connectivity index (χ1) is 9.47. The number of rotatable bonds is 4. The van der Waals surface area contributed by atoms with Crippen LogP contribution in [0.3, 0.4) is 0 Å². The number of aryl methyl sites for hydroxylation is 1. The second-order valence-corrected chi connectivity index (χ2v) is 4.82. The van der Waals surface area contributed by atoms with Crippen molar-refractivity contribution in [3.63, 3.8) is 0 Å². The Morgan fingerprint density at radius 1 is 1.30 bits per heavy atom. The molecule has 0 heterocycles. The second kappa shape index (κ2) is 5.79. The van der Waals surface area contributed by atoms with Crippen molar-refractivity contribution < 1.29 is 10.0 Å². The number of anilines is 1. The first-order valence-corrected chi connectivity index (χ1v) is 6.31. The van der Waals surface area contributed by atoms with Crippen LogP contribution < -0.4 is 5.32 Å². The predicted molar refractivity (Wildman–Crippen MR) is 78.3 cm³/mol. The summed E-state index contributed by atoms with van der Waals surface area (Å²) < 4.78 is 0. The van der Waals surface area contributed by atoms with E-state index in [-0.39, 0.29) is 16.5 Å². The summed E-state index contributed by atoms with van der Waals surface area (Å²) in [5, 5.41) is 23.6. The van der Waals surface area contributed by atoms with Crippen molar-refractivity contribution >= 4 is 23.0 Å². The topological polar surface area (TPSA) is 75.4 Å². The Balaban J connectivity index is 2.18. The lowest BCUT2D eigenvalue weighted by Crippen LogP contribution is -2.02. The quantitative estimate of drug-likeness (QED) is 0.662. The number of nitrogens with one attached hydrogen (secondary N) is 1. The van der Waals surface area contributed by atoms with E-state index in [2.05, 4.69) is 5.32 Å². The van der Waals surface area contributed by atoms with Crippen molar-refractivity contribution in [2.45, 2.75) is 13.5 Å². The number of aromatic hydroxyl groups is 1. The zero-order valence-electron chi connectivity index (χ0n) is 10.8. The standard InChI is InChI=1S/C14H13ClN2O3/c1-9-2-4-12(13(6-9)17(19)20)16-8-10-3-5-14(18)11(15)7-10/h2-7,16,18H,8H2,1H3. The minimum Gasteiger partial charge on any atom is -0.506 e. The fourth-order valence-electron chi connectivity index (χ4n) is 1.80. The van der Waals surface area contributed by atoms with Crippen LogP contribution in [0.4, 0.5) is 11.4 Å². The molecule has 2 N–H and O–H groups in total. The van der Waals surface area contributed by atoms with E-state index in [9.17, 15) is 15.2 Å². The van der Waals surface area contributed by atoms with Gasteiger partial charge < -0.3 is 10.4 Å². The third-order valence-electron chi connectivity index (χ3n) is 2.84. The molecule has 2 rings (SSSR count). The average molecular weight is 293 g/mol. The summed E-state index contributed by atoms with van der Waals surface area (Å²) in [6.07, 6.45) is 0. The van der Waals surface area contributed by atoms with Crippen LogP contribution in [-0.4, -0.2) is 10.0 Å². The molecule has 0 spiro atoms. The minimum absolute atomic E-state index is 0.0109. The number of hydrogen-bond donors (Lipinski definition) is 2. The van der Waals surface area contributed by atoms with Gasteiger partial charge in [-0.15, -0.1) is 0 Å². The molecule has 6 heteroatoms. The summed E-state index contributed by atoms with van der Waals surface area (Å²) in [6, 6.07) is 9.81. The van der Waals surface area contributed by atoms with E-state index in [1.165, 1.54) is 12.1 Å². The van der Waals surface area contributed by atoms with Crippen molar-refractivity contribution in [3.05, 3.63) is 62.7 Å². The fraction of sp³-hybridized carbons (Fsp3) is 0.143. The van der Waals surface area contributed by atoms with Gasteiger partial charge in [-0.25, -0.2) is 0 Å². The van der Waals surface area contributed by atoms with Gasteiger partial charge in [0.1, 0.15) is 11.4 Å². The molecule has 0 aromatic heterocycles. The molecule has 0 radical (unpaired) electrons. The highest BCUT2D eigenvalue weighted by Crippen LogP contribution is 2.27. The number of phenols is 1. The number of nitro benzene ring substituents is 1. The van der Waals surface area contributed by atoms with Crippen LogP contribution in [0.25, 0.3) is 0 Å². The molecule has 104 valence electrons. The van der Waals surface area contributed by atoms with Gasteiger partial charge in [0.25, 0.3) is 5.69 Å². The van der Waals surface area contributed by atoms with E-state index in [1.54, 1.807) is 31.2 Å². The van der Waals surface area contributed by atoms with Crippen molar-refractivity contribution in [2.75, 3.05) is 5.32 Å². The monoisotopic (exact) mass is 292 g/mol. The molecule has 0 unspecified atom stereocenters. The van der Waals surface area contributed by atoms with Gasteiger partial charge in [-0.1, -0.05) is 23.7 Å². The van der Waals surface area contributed by atoms with Gasteiger partial charge in [0.2, 0.25) is 0 Å². The van der Waals surface area contributed by atoms with E-state index in [4.69, 9.17) is 11.6 Å². The van der Waals surface area contributed by atoms with E-state index in [1.807, 2.05) is 0 Å². The third kappa shape index (κ3) is 3.19. The molecule has 0 fully saturated rings. The van der Waals surface area contributed by atoms with Gasteiger partial charge >= 0.3 is 0 Å². The van der Waals surface area contributed by atoms with E-state index >= 15 is 0 Å². The van der Waals surface area contributed by atoms with Crippen molar-refractivity contribution in [1.29, 1.82) is 0 Å². The van der Waals surface area contributed by atoms with Gasteiger partial charge in [0.15, 0.2) is 0 Å². The number of phenolic OH excluding ortho intramolecular Hbond substituents is 1. The minimum atomic E-state index is -0.418. The van der Waals surface area contributed by atoms with Crippen LogP contribution in [0.1, 0.15) is 11.1 Å². The van der Waals surface area contributed by atoms with Crippen molar-refractivity contribution in [2.24, 2.45) is 0 Å². The molecule has 0 aliphatic heterocycles. The molecular weight excluding hydrogens is 280 g/mol. The molecule has 0 amide bonds. The Morgan fingerprint density at radius 3 is 2.70 bits per heavy atom. The van der Waals surface area contributed by atoms with Crippen LogP contribution in [0, 0.1) is 17.0 Å². The highest BCUT2D eigenvalue weighted by Gasteiger charge is 2.13. The van der Waals surface area contributed by atoms with Gasteiger partial charge in [-0.2, -0.15) is 0 Å². The summed E-state index contributed by atoms with van der Waals surface area (Å²) in [5.41, 5.74) is 2.14. The lowest BCUT2D eigenvalue weighted by atomic mass is 10.1. The number of nitrogens with zero attached hydrogens (tertiary/aromatic N) is 1. The Morgan fingerprint density at radius 2 is 2.05 bits per heavy atom. The molecule has 5 nitrogen and oxygen atoms in total. The number of hydrogen-bond acceptors (Lipinski definition) is 4. The molecule has 0 saturated carbocycles. The first-order valence-electron chi connectivity index (χ1n) is 5.93. The zero-order chi connectivity index (χ0) is 14.7. The normalized spacial score (nSPS) is 10.3. The largest absolute Gasteiger partial charge is 0.506 e. The van der Waals surface area contributed by atoms with Crippen LogP contribution in [0.15, 0.2) is 36.4 Å². The maximum Gasteiger partial charge on any atom is 0.292 e. The summed E-state index contributed by atoms with van der Waals surface area (Å²) in [4.78, 5) is 10.6. The Kier molecular flexibility index (Phi) is 4.10. The number of benzene rings is 2. The summed E-state index contributed by atoms with van der Waals surface area (Å²) in [7, 11) is 0. The zero-order valence-corrected chi connectivity index (χ0v) is 11.5. The molecule has 0 saturated heterocycles. The van der Waals surface area contributed by atoms with E-state index in [0.29, 0.717) is 12.2 Å². The summed E-state index contributed by atoms with van der Waals surface area (Å²) >= 11 is 5.81. The molecular formula is C14H13ClN2O3. The van der Waals surface area contributed by atoms with Gasteiger partial charge in [-0.05, 0) is 36.2 Å². The first kappa shape index (κ1) is 14.1. The van der Waals surface area contributed by atoms with Gasteiger partial charge in [-0.3, -0.25) is 10.1 Å². The molecule has 2 aromatic rings. The number of nitro groups is 1. The van der Waals surface area contributed by atoms with E-state index in [0.717, 1.165) is 11.1 Å². The molecule has 20 heavy (non-hydrogen) atoms. The van der Waals surface area contributed by atoms with Crippen molar-refractivity contribution in [3.8, 4) is 5.75 Å². The van der Waals surface area contributed by atoms with Crippen LogP contribution in [-0.2, 0) is 6.54 Å².